The predicted octanol–water partition coefficient (Wildman–Crippen LogP) is 4.09. The van der Waals surface area contributed by atoms with Gasteiger partial charge in [-0.05, 0) is 40.6 Å². The Kier molecular flexibility index (Phi) is 3.84. The van der Waals surface area contributed by atoms with Crippen molar-refractivity contribution in [3.8, 4) is 5.75 Å². The molecule has 3 aromatic carbocycles. The minimum atomic E-state index is -0.735. The first kappa shape index (κ1) is 13.6. The van der Waals surface area contributed by atoms with Crippen LogP contribution in [0.1, 0.15) is 11.7 Å². The maximum atomic E-state index is 12.8. The van der Waals surface area contributed by atoms with Gasteiger partial charge in [0.2, 0.25) is 0 Å². The molecule has 1 atom stereocenters. The van der Waals surface area contributed by atoms with Crippen LogP contribution in [0.15, 0.2) is 66.7 Å². The highest BCUT2D eigenvalue weighted by Crippen LogP contribution is 2.25. The van der Waals surface area contributed by atoms with Crippen molar-refractivity contribution in [2.45, 2.75) is 6.10 Å². The first-order valence-corrected chi connectivity index (χ1v) is 6.78. The van der Waals surface area contributed by atoms with Crippen LogP contribution in [0.4, 0.5) is 4.39 Å². The summed E-state index contributed by atoms with van der Waals surface area (Å²) >= 11 is 0. The lowest BCUT2D eigenvalue weighted by atomic mass is 10.0. The molecule has 3 rings (SSSR count). The molecule has 1 unspecified atom stereocenters. The summed E-state index contributed by atoms with van der Waals surface area (Å²) in [7, 11) is 0. The van der Waals surface area contributed by atoms with Crippen LogP contribution in [0.5, 0.6) is 5.75 Å². The fourth-order valence-electron chi connectivity index (χ4n) is 2.34. The third kappa shape index (κ3) is 3.03. The van der Waals surface area contributed by atoms with E-state index in [0.717, 1.165) is 16.3 Å². The molecule has 0 saturated heterocycles. The zero-order valence-electron chi connectivity index (χ0n) is 11.4. The van der Waals surface area contributed by atoms with Crippen LogP contribution in [0, 0.1) is 5.82 Å². The number of halogens is 1. The fourth-order valence-corrected chi connectivity index (χ4v) is 2.34. The maximum Gasteiger partial charge on any atom is 0.123 e. The third-order valence-electron chi connectivity index (χ3n) is 3.40. The molecule has 0 heterocycles. The molecule has 0 aliphatic heterocycles. The SMILES string of the molecule is OC(COc1ccc(F)cc1)c1cccc2ccccc12. The number of hydrogen-bond donors (Lipinski definition) is 1. The van der Waals surface area contributed by atoms with Crippen molar-refractivity contribution in [2.24, 2.45) is 0 Å². The first-order valence-electron chi connectivity index (χ1n) is 6.78. The Morgan fingerprint density at radius 1 is 0.905 bits per heavy atom. The summed E-state index contributed by atoms with van der Waals surface area (Å²) in [4.78, 5) is 0. The molecule has 2 nitrogen and oxygen atoms in total. The van der Waals surface area contributed by atoms with Crippen molar-refractivity contribution in [1.82, 2.24) is 0 Å². The second-order valence-corrected chi connectivity index (χ2v) is 4.85. The minimum absolute atomic E-state index is 0.125. The molecule has 0 fully saturated rings. The van der Waals surface area contributed by atoms with Crippen molar-refractivity contribution in [3.05, 3.63) is 78.1 Å². The Labute approximate surface area is 122 Å². The predicted molar refractivity (Wildman–Crippen MR) is 80.8 cm³/mol. The van der Waals surface area contributed by atoms with Crippen molar-refractivity contribution in [2.75, 3.05) is 6.61 Å². The van der Waals surface area contributed by atoms with Gasteiger partial charge >= 0.3 is 0 Å². The molecule has 0 aliphatic rings. The number of rotatable bonds is 4. The lowest BCUT2D eigenvalue weighted by Crippen LogP contribution is -2.10. The van der Waals surface area contributed by atoms with Gasteiger partial charge in [-0.25, -0.2) is 4.39 Å². The van der Waals surface area contributed by atoms with Crippen molar-refractivity contribution in [3.63, 3.8) is 0 Å². The van der Waals surface area contributed by atoms with Crippen molar-refractivity contribution in [1.29, 1.82) is 0 Å². The minimum Gasteiger partial charge on any atom is -0.491 e. The van der Waals surface area contributed by atoms with Gasteiger partial charge in [0.15, 0.2) is 0 Å². The largest absolute Gasteiger partial charge is 0.491 e. The molecule has 0 aromatic heterocycles. The number of benzene rings is 3. The van der Waals surface area contributed by atoms with Crippen LogP contribution in [0.3, 0.4) is 0 Å². The van der Waals surface area contributed by atoms with E-state index >= 15 is 0 Å². The van der Waals surface area contributed by atoms with Crippen LogP contribution < -0.4 is 4.74 Å². The quantitative estimate of drug-likeness (QED) is 0.781. The lowest BCUT2D eigenvalue weighted by Gasteiger charge is -2.15. The fraction of sp³-hybridized carbons (Fsp3) is 0.111. The second kappa shape index (κ2) is 5.94. The third-order valence-corrected chi connectivity index (χ3v) is 3.40. The number of aliphatic hydroxyl groups is 1. The van der Waals surface area contributed by atoms with Gasteiger partial charge in [-0.3, -0.25) is 0 Å². The molecule has 21 heavy (non-hydrogen) atoms. The topological polar surface area (TPSA) is 29.5 Å². The molecule has 0 amide bonds. The van der Waals surface area contributed by atoms with Gasteiger partial charge in [-0.1, -0.05) is 42.5 Å². The molecule has 3 aromatic rings. The summed E-state index contributed by atoms with van der Waals surface area (Å²) in [6.45, 7) is 0.125. The van der Waals surface area contributed by atoms with E-state index < -0.39 is 6.10 Å². The summed E-state index contributed by atoms with van der Waals surface area (Å²) in [6.07, 6.45) is -0.735. The summed E-state index contributed by atoms with van der Waals surface area (Å²) in [5, 5.41) is 12.4. The highest BCUT2D eigenvalue weighted by Gasteiger charge is 2.11. The summed E-state index contributed by atoms with van der Waals surface area (Å²) < 4.78 is 18.3. The summed E-state index contributed by atoms with van der Waals surface area (Å²) in [5.74, 6) is 0.229. The van der Waals surface area contributed by atoms with Crippen LogP contribution in [-0.4, -0.2) is 11.7 Å². The van der Waals surface area contributed by atoms with Crippen molar-refractivity contribution >= 4 is 10.8 Å². The smallest absolute Gasteiger partial charge is 0.123 e. The van der Waals surface area contributed by atoms with Gasteiger partial charge in [0, 0.05) is 0 Å². The zero-order chi connectivity index (χ0) is 14.7. The maximum absolute atomic E-state index is 12.8. The van der Waals surface area contributed by atoms with Gasteiger partial charge in [0.1, 0.15) is 24.3 Å². The Hall–Kier alpha value is -2.39. The second-order valence-electron chi connectivity index (χ2n) is 4.85. The van der Waals surface area contributed by atoms with E-state index in [1.807, 2.05) is 42.5 Å². The zero-order valence-corrected chi connectivity index (χ0v) is 11.4. The molecule has 106 valence electrons. The average molecular weight is 282 g/mol. The van der Waals surface area contributed by atoms with Crippen LogP contribution in [0.2, 0.25) is 0 Å². The molecule has 0 radical (unpaired) electrons. The molecule has 3 heteroatoms. The monoisotopic (exact) mass is 282 g/mol. The first-order chi connectivity index (χ1) is 10.2. The van der Waals surface area contributed by atoms with Gasteiger partial charge < -0.3 is 9.84 Å². The molecular formula is C18H15FO2. The van der Waals surface area contributed by atoms with Crippen molar-refractivity contribution < 1.29 is 14.2 Å². The van der Waals surface area contributed by atoms with E-state index in [1.54, 1.807) is 12.1 Å². The van der Waals surface area contributed by atoms with E-state index in [4.69, 9.17) is 4.74 Å². The Morgan fingerprint density at radius 3 is 2.43 bits per heavy atom. The Bertz CT molecular complexity index is 732. The van der Waals surface area contributed by atoms with Crippen LogP contribution >= 0.6 is 0 Å². The van der Waals surface area contributed by atoms with Gasteiger partial charge in [0.25, 0.3) is 0 Å². The van der Waals surface area contributed by atoms with Gasteiger partial charge in [-0.2, -0.15) is 0 Å². The molecule has 0 bridgehead atoms. The standard InChI is InChI=1S/C18H15FO2/c19-14-8-10-15(11-9-14)21-12-18(20)17-7-3-5-13-4-1-2-6-16(13)17/h1-11,18,20H,12H2. The Balaban J connectivity index is 1.78. The van der Waals surface area contributed by atoms with Crippen LogP contribution in [-0.2, 0) is 0 Å². The molecule has 0 spiro atoms. The average Bonchev–Trinajstić information content (AvgIpc) is 2.53. The van der Waals surface area contributed by atoms with E-state index in [1.165, 1.54) is 12.1 Å². The summed E-state index contributed by atoms with van der Waals surface area (Å²) in [5.41, 5.74) is 0.829. The van der Waals surface area contributed by atoms with E-state index in [0.29, 0.717) is 5.75 Å². The molecule has 0 aliphatic carbocycles. The number of hydrogen-bond acceptors (Lipinski definition) is 2. The molecule has 0 saturated carbocycles. The normalized spacial score (nSPS) is 12.3. The molecular weight excluding hydrogens is 267 g/mol. The lowest BCUT2D eigenvalue weighted by molar-refractivity contribution is 0.109. The highest BCUT2D eigenvalue weighted by atomic mass is 19.1. The number of ether oxygens (including phenoxy) is 1. The van der Waals surface area contributed by atoms with Crippen LogP contribution in [0.25, 0.3) is 10.8 Å². The molecule has 1 N–H and O–H groups in total. The van der Waals surface area contributed by atoms with E-state index in [2.05, 4.69) is 0 Å². The Morgan fingerprint density at radius 2 is 1.62 bits per heavy atom. The number of aliphatic hydroxyl groups excluding tert-OH is 1. The number of fused-ring (bicyclic) bond motifs is 1. The summed E-state index contributed by atoms with van der Waals surface area (Å²) in [6, 6.07) is 19.5. The van der Waals surface area contributed by atoms with E-state index in [-0.39, 0.29) is 12.4 Å². The van der Waals surface area contributed by atoms with Gasteiger partial charge in [-0.15, -0.1) is 0 Å². The highest BCUT2D eigenvalue weighted by molar-refractivity contribution is 5.85. The van der Waals surface area contributed by atoms with E-state index in [9.17, 15) is 9.50 Å². The van der Waals surface area contributed by atoms with Gasteiger partial charge in [0.05, 0.1) is 0 Å².